The molecule has 0 radical (unpaired) electrons. The Morgan fingerprint density at radius 3 is 2.00 bits per heavy atom. The molecule has 0 saturated heterocycles. The first kappa shape index (κ1) is 6.70. The Kier molecular flexibility index (Phi) is 1.64. The van der Waals surface area contributed by atoms with E-state index >= 15 is 0 Å². The first-order valence-electron chi connectivity index (χ1n) is 2.73. The Morgan fingerprint density at radius 1 is 1.20 bits per heavy atom. The van der Waals surface area contributed by atoms with Gasteiger partial charge in [0.05, 0.1) is 0 Å². The molecule has 0 bridgehead atoms. The molecule has 0 unspecified atom stereocenters. The van der Waals surface area contributed by atoms with Gasteiger partial charge in [-0.1, -0.05) is 6.07 Å². The minimum atomic E-state index is -0.0671. The smallest absolute Gasteiger partial charge is 0.143 e. The summed E-state index contributed by atoms with van der Waals surface area (Å²) in [5, 5.41) is 18.0. The van der Waals surface area contributed by atoms with Gasteiger partial charge in [0.25, 0.3) is 0 Å². The average molecular weight is 140 g/mol. The number of anilines is 1. The molecule has 4 nitrogen and oxygen atoms in total. The molecule has 10 heavy (non-hydrogen) atoms. The Bertz CT molecular complexity index is 217. The lowest BCUT2D eigenvalue weighted by molar-refractivity contribution is 0.454. The molecular formula is C6H8N2O2. The molecular weight excluding hydrogens is 132 g/mol. The van der Waals surface area contributed by atoms with Crippen molar-refractivity contribution < 1.29 is 10.2 Å². The van der Waals surface area contributed by atoms with Crippen LogP contribution in [0.5, 0.6) is 11.5 Å². The summed E-state index contributed by atoms with van der Waals surface area (Å²) in [4.78, 5) is 0. The van der Waals surface area contributed by atoms with Crippen molar-refractivity contribution in [3.8, 4) is 11.5 Å². The summed E-state index contributed by atoms with van der Waals surface area (Å²) in [7, 11) is 0. The maximum Gasteiger partial charge on any atom is 0.143 e. The number of benzene rings is 1. The third kappa shape index (κ3) is 0.964. The molecule has 0 saturated carbocycles. The summed E-state index contributed by atoms with van der Waals surface area (Å²) in [5.74, 6) is 4.85. The van der Waals surface area contributed by atoms with Crippen molar-refractivity contribution in [2.75, 3.05) is 5.43 Å². The number of nitrogens with two attached hydrogens (primary N) is 1. The summed E-state index contributed by atoms with van der Waals surface area (Å²) in [6.07, 6.45) is 0. The molecule has 4 heteroatoms. The molecule has 0 fully saturated rings. The van der Waals surface area contributed by atoms with E-state index in [4.69, 9.17) is 16.1 Å². The number of nitrogen functional groups attached to an aromatic ring is 1. The third-order valence-electron chi connectivity index (χ3n) is 1.16. The Labute approximate surface area is 57.9 Å². The fraction of sp³-hybridized carbons (Fsp3) is 0. The van der Waals surface area contributed by atoms with Crippen LogP contribution < -0.4 is 11.3 Å². The van der Waals surface area contributed by atoms with Gasteiger partial charge < -0.3 is 15.6 Å². The highest BCUT2D eigenvalue weighted by atomic mass is 16.3. The monoisotopic (exact) mass is 140 g/mol. The molecule has 1 rings (SSSR count). The second-order valence-corrected chi connectivity index (χ2v) is 1.82. The molecule has 54 valence electrons. The van der Waals surface area contributed by atoms with Crippen molar-refractivity contribution in [1.82, 2.24) is 0 Å². The third-order valence-corrected chi connectivity index (χ3v) is 1.16. The van der Waals surface area contributed by atoms with Crippen LogP contribution in [0.15, 0.2) is 18.2 Å². The summed E-state index contributed by atoms with van der Waals surface area (Å²) < 4.78 is 0. The number of rotatable bonds is 1. The molecule has 0 atom stereocenters. The zero-order valence-electron chi connectivity index (χ0n) is 5.20. The lowest BCUT2D eigenvalue weighted by Crippen LogP contribution is -2.06. The summed E-state index contributed by atoms with van der Waals surface area (Å²) in [6, 6.07) is 4.37. The molecule has 0 heterocycles. The van der Waals surface area contributed by atoms with Crippen LogP contribution in [0.1, 0.15) is 0 Å². The van der Waals surface area contributed by atoms with Gasteiger partial charge in [-0.05, 0) is 12.1 Å². The second-order valence-electron chi connectivity index (χ2n) is 1.82. The van der Waals surface area contributed by atoms with Crippen LogP contribution in [0.4, 0.5) is 5.69 Å². The highest BCUT2D eigenvalue weighted by Gasteiger charge is 2.02. The fourth-order valence-electron chi connectivity index (χ4n) is 0.676. The molecule has 0 aromatic heterocycles. The number of aromatic hydroxyl groups is 2. The van der Waals surface area contributed by atoms with Gasteiger partial charge in [-0.3, -0.25) is 5.84 Å². The van der Waals surface area contributed by atoms with Crippen LogP contribution >= 0.6 is 0 Å². The zero-order chi connectivity index (χ0) is 7.56. The fourth-order valence-corrected chi connectivity index (χ4v) is 0.676. The molecule has 5 N–H and O–H groups in total. The Hall–Kier alpha value is -1.42. The van der Waals surface area contributed by atoms with E-state index in [1.54, 1.807) is 0 Å². The van der Waals surface area contributed by atoms with Gasteiger partial charge in [-0.2, -0.15) is 0 Å². The number of hydrogen-bond donors (Lipinski definition) is 4. The average Bonchev–Trinajstić information content (AvgIpc) is 1.88. The van der Waals surface area contributed by atoms with Crippen LogP contribution in [0.2, 0.25) is 0 Å². The van der Waals surface area contributed by atoms with E-state index in [0.29, 0.717) is 0 Å². The largest absolute Gasteiger partial charge is 0.506 e. The predicted octanol–water partition coefficient (Wildman–Crippen LogP) is 0.383. The predicted molar refractivity (Wildman–Crippen MR) is 37.6 cm³/mol. The van der Waals surface area contributed by atoms with Crippen LogP contribution in [-0.2, 0) is 0 Å². The van der Waals surface area contributed by atoms with Crippen LogP contribution in [-0.4, -0.2) is 10.2 Å². The minimum Gasteiger partial charge on any atom is -0.506 e. The summed E-state index contributed by atoms with van der Waals surface area (Å²) >= 11 is 0. The van der Waals surface area contributed by atoms with Crippen molar-refractivity contribution in [3.05, 3.63) is 18.2 Å². The van der Waals surface area contributed by atoms with Crippen molar-refractivity contribution >= 4 is 5.69 Å². The first-order valence-corrected chi connectivity index (χ1v) is 2.73. The number of hydrazine groups is 1. The normalized spacial score (nSPS) is 9.30. The minimum absolute atomic E-state index is 0.0671. The van der Waals surface area contributed by atoms with E-state index in [1.807, 2.05) is 0 Å². The van der Waals surface area contributed by atoms with E-state index in [0.717, 1.165) is 0 Å². The molecule has 1 aromatic carbocycles. The summed E-state index contributed by atoms with van der Waals surface area (Å²) in [6.45, 7) is 0. The molecule has 0 spiro atoms. The van der Waals surface area contributed by atoms with Gasteiger partial charge in [0.15, 0.2) is 0 Å². The maximum absolute atomic E-state index is 8.99. The van der Waals surface area contributed by atoms with Gasteiger partial charge >= 0.3 is 0 Å². The van der Waals surface area contributed by atoms with Gasteiger partial charge in [-0.25, -0.2) is 0 Å². The SMILES string of the molecule is NNc1c(O)cccc1O. The van der Waals surface area contributed by atoms with Crippen LogP contribution in [0.3, 0.4) is 0 Å². The van der Waals surface area contributed by atoms with E-state index in [-0.39, 0.29) is 17.2 Å². The number of para-hydroxylation sites is 1. The Balaban J connectivity index is 3.17. The van der Waals surface area contributed by atoms with E-state index in [9.17, 15) is 0 Å². The number of phenolic OH excluding ortho intramolecular Hbond substituents is 2. The highest BCUT2D eigenvalue weighted by Crippen LogP contribution is 2.30. The Morgan fingerprint density at radius 2 is 1.70 bits per heavy atom. The van der Waals surface area contributed by atoms with Gasteiger partial charge in [0.1, 0.15) is 17.2 Å². The first-order chi connectivity index (χ1) is 4.75. The van der Waals surface area contributed by atoms with E-state index in [1.165, 1.54) is 18.2 Å². The molecule has 0 aliphatic rings. The van der Waals surface area contributed by atoms with Crippen molar-refractivity contribution in [2.45, 2.75) is 0 Å². The standard InChI is InChI=1S/C6H8N2O2/c7-8-6-4(9)2-1-3-5(6)10/h1-3,8-10H,7H2. The van der Waals surface area contributed by atoms with Crippen LogP contribution in [0, 0.1) is 0 Å². The molecule has 0 aliphatic carbocycles. The van der Waals surface area contributed by atoms with Gasteiger partial charge in [0.2, 0.25) is 0 Å². The van der Waals surface area contributed by atoms with Gasteiger partial charge in [-0.15, -0.1) is 0 Å². The van der Waals surface area contributed by atoms with E-state index in [2.05, 4.69) is 5.43 Å². The van der Waals surface area contributed by atoms with Crippen molar-refractivity contribution in [1.29, 1.82) is 0 Å². The lowest BCUT2D eigenvalue weighted by atomic mass is 10.3. The second kappa shape index (κ2) is 2.45. The quantitative estimate of drug-likeness (QED) is 0.258. The summed E-state index contributed by atoms with van der Waals surface area (Å²) in [5.41, 5.74) is 2.30. The van der Waals surface area contributed by atoms with Crippen LogP contribution in [0.25, 0.3) is 0 Å². The molecule has 1 aromatic rings. The van der Waals surface area contributed by atoms with Gasteiger partial charge in [0, 0.05) is 0 Å². The zero-order valence-corrected chi connectivity index (χ0v) is 5.20. The number of phenols is 2. The van der Waals surface area contributed by atoms with E-state index < -0.39 is 0 Å². The molecule has 0 amide bonds. The van der Waals surface area contributed by atoms with Crippen molar-refractivity contribution in [2.24, 2.45) is 5.84 Å². The van der Waals surface area contributed by atoms with Crippen molar-refractivity contribution in [3.63, 3.8) is 0 Å². The number of hydrogen-bond acceptors (Lipinski definition) is 4. The number of nitrogens with one attached hydrogen (secondary N) is 1. The maximum atomic E-state index is 8.99. The highest BCUT2D eigenvalue weighted by molar-refractivity contribution is 5.63. The molecule has 0 aliphatic heterocycles. The lowest BCUT2D eigenvalue weighted by Gasteiger charge is -2.03. The topological polar surface area (TPSA) is 78.5 Å².